The number of hydrogen-bond acceptors (Lipinski definition) is 2. The Labute approximate surface area is 140 Å². The highest BCUT2D eigenvalue weighted by Gasteiger charge is 2.59. The zero-order chi connectivity index (χ0) is 16.4. The van der Waals surface area contributed by atoms with Crippen molar-refractivity contribution in [1.82, 2.24) is 0 Å². The van der Waals surface area contributed by atoms with Gasteiger partial charge in [0.15, 0.2) is 5.78 Å². The quantitative estimate of drug-likeness (QED) is 0.701. The lowest BCUT2D eigenvalue weighted by molar-refractivity contribution is -0.128. The normalized spacial score (nSPS) is 49.0. The highest BCUT2D eigenvalue weighted by atomic mass is 16.1. The van der Waals surface area contributed by atoms with Gasteiger partial charge in [0.1, 0.15) is 5.78 Å². The summed E-state index contributed by atoms with van der Waals surface area (Å²) in [7, 11) is 0. The number of fused-ring (bicyclic) bond motifs is 5. The lowest BCUT2D eigenvalue weighted by atomic mass is 9.47. The van der Waals surface area contributed by atoms with Crippen LogP contribution in [0.2, 0.25) is 0 Å². The maximum absolute atomic E-state index is 12.1. The van der Waals surface area contributed by atoms with Gasteiger partial charge in [-0.3, -0.25) is 9.59 Å². The van der Waals surface area contributed by atoms with Gasteiger partial charge in [-0.15, -0.1) is 0 Å². The van der Waals surface area contributed by atoms with Crippen molar-refractivity contribution in [2.75, 3.05) is 0 Å². The molecule has 0 aromatic rings. The molecule has 23 heavy (non-hydrogen) atoms. The predicted molar refractivity (Wildman–Crippen MR) is 90.9 cm³/mol. The molecule has 6 atom stereocenters. The largest absolute Gasteiger partial charge is 0.300 e. The molecule has 4 rings (SSSR count). The molecule has 0 aliphatic heterocycles. The van der Waals surface area contributed by atoms with Gasteiger partial charge in [0.25, 0.3) is 0 Å². The van der Waals surface area contributed by atoms with E-state index in [4.69, 9.17) is 0 Å². The monoisotopic (exact) mass is 314 g/mol. The Bertz CT molecular complexity index is 589. The number of hydrogen-bond donors (Lipinski definition) is 0. The maximum Gasteiger partial charge on any atom is 0.155 e. The third kappa shape index (κ3) is 2.06. The minimum atomic E-state index is 0.245. The Morgan fingerprint density at radius 1 is 1.04 bits per heavy atom. The van der Waals surface area contributed by atoms with E-state index in [1.165, 1.54) is 31.3 Å². The summed E-state index contributed by atoms with van der Waals surface area (Å²) in [6.45, 7) is 6.65. The average Bonchev–Trinajstić information content (AvgIpc) is 2.85. The van der Waals surface area contributed by atoms with Crippen molar-refractivity contribution in [2.45, 2.75) is 72.1 Å². The smallest absolute Gasteiger partial charge is 0.155 e. The molecule has 0 aromatic heterocycles. The van der Waals surface area contributed by atoms with E-state index in [2.05, 4.69) is 13.8 Å². The average molecular weight is 314 g/mol. The molecule has 0 saturated heterocycles. The molecule has 0 N–H and O–H groups in total. The molecule has 2 heteroatoms. The zero-order valence-electron chi connectivity index (χ0n) is 14.9. The number of carbonyl (C=O) groups excluding carboxylic acids is 2. The van der Waals surface area contributed by atoms with Crippen molar-refractivity contribution in [3.05, 3.63) is 11.6 Å². The van der Waals surface area contributed by atoms with Gasteiger partial charge in [-0.05, 0) is 86.5 Å². The molecule has 3 fully saturated rings. The van der Waals surface area contributed by atoms with Crippen LogP contribution in [0.5, 0.6) is 0 Å². The van der Waals surface area contributed by atoms with Crippen molar-refractivity contribution >= 4 is 11.6 Å². The van der Waals surface area contributed by atoms with E-state index in [0.29, 0.717) is 17.5 Å². The van der Waals surface area contributed by atoms with E-state index in [1.807, 2.05) is 6.08 Å². The summed E-state index contributed by atoms with van der Waals surface area (Å²) >= 11 is 0. The summed E-state index contributed by atoms with van der Waals surface area (Å²) in [5, 5.41) is 0. The van der Waals surface area contributed by atoms with E-state index >= 15 is 0 Å². The number of carbonyl (C=O) groups is 2. The van der Waals surface area contributed by atoms with E-state index in [-0.39, 0.29) is 10.8 Å². The van der Waals surface area contributed by atoms with Crippen LogP contribution in [0.15, 0.2) is 11.6 Å². The standard InChI is InChI=1S/C21H30O2/c1-13(22)17-6-7-18-16-5-4-14-12-15(23)8-10-20(14,2)19(16)9-11-21(17,18)3/h12,16-19H,4-11H2,1-3H3/t16-,17+,18-,19-,20-,21+/m1/s1. The lowest BCUT2D eigenvalue weighted by Crippen LogP contribution is -2.51. The zero-order valence-corrected chi connectivity index (χ0v) is 14.9. The molecule has 0 spiro atoms. The molecule has 0 aromatic carbocycles. The van der Waals surface area contributed by atoms with Crippen LogP contribution < -0.4 is 0 Å². The minimum absolute atomic E-state index is 0.245. The molecule has 0 amide bonds. The molecular formula is C21H30O2. The fraction of sp³-hybridized carbons (Fsp3) is 0.810. The first-order chi connectivity index (χ1) is 10.9. The fourth-order valence-electron chi connectivity index (χ4n) is 7.23. The Morgan fingerprint density at radius 2 is 1.83 bits per heavy atom. The maximum atomic E-state index is 12.1. The van der Waals surface area contributed by atoms with Gasteiger partial charge in [0, 0.05) is 12.3 Å². The van der Waals surface area contributed by atoms with Crippen LogP contribution in [0.4, 0.5) is 0 Å². The second-order valence-corrected chi connectivity index (χ2v) is 9.25. The van der Waals surface area contributed by atoms with Gasteiger partial charge in [0.2, 0.25) is 0 Å². The van der Waals surface area contributed by atoms with Gasteiger partial charge in [-0.25, -0.2) is 0 Å². The molecule has 126 valence electrons. The minimum Gasteiger partial charge on any atom is -0.300 e. The molecule has 3 saturated carbocycles. The van der Waals surface area contributed by atoms with Crippen molar-refractivity contribution in [3.8, 4) is 0 Å². The van der Waals surface area contributed by atoms with E-state index in [0.717, 1.165) is 43.4 Å². The first kappa shape index (κ1) is 15.6. The van der Waals surface area contributed by atoms with Crippen LogP contribution >= 0.6 is 0 Å². The van der Waals surface area contributed by atoms with Gasteiger partial charge >= 0.3 is 0 Å². The number of ketones is 2. The van der Waals surface area contributed by atoms with Crippen LogP contribution in [0.1, 0.15) is 72.1 Å². The van der Waals surface area contributed by atoms with Crippen LogP contribution in [0, 0.1) is 34.5 Å². The van der Waals surface area contributed by atoms with Crippen LogP contribution in [-0.2, 0) is 9.59 Å². The first-order valence-electron chi connectivity index (χ1n) is 9.60. The molecule has 0 bridgehead atoms. The summed E-state index contributed by atoms with van der Waals surface area (Å²) in [5.41, 5.74) is 1.95. The molecule has 0 radical (unpaired) electrons. The van der Waals surface area contributed by atoms with Crippen molar-refractivity contribution in [2.24, 2.45) is 34.5 Å². The molecule has 4 aliphatic carbocycles. The molecule has 2 nitrogen and oxygen atoms in total. The Morgan fingerprint density at radius 3 is 2.57 bits per heavy atom. The van der Waals surface area contributed by atoms with Crippen LogP contribution in [0.25, 0.3) is 0 Å². The third-order valence-electron chi connectivity index (χ3n) is 8.45. The summed E-state index contributed by atoms with van der Waals surface area (Å²) in [5.74, 6) is 3.29. The van der Waals surface area contributed by atoms with E-state index in [9.17, 15) is 9.59 Å². The van der Waals surface area contributed by atoms with Gasteiger partial charge < -0.3 is 0 Å². The van der Waals surface area contributed by atoms with Gasteiger partial charge in [-0.2, -0.15) is 0 Å². The summed E-state index contributed by atoms with van der Waals surface area (Å²) in [6, 6.07) is 0. The summed E-state index contributed by atoms with van der Waals surface area (Å²) in [4.78, 5) is 24.0. The Hall–Kier alpha value is -0.920. The number of allylic oxidation sites excluding steroid dienone is 1. The van der Waals surface area contributed by atoms with Crippen LogP contribution in [0.3, 0.4) is 0 Å². The second-order valence-electron chi connectivity index (χ2n) is 9.25. The summed E-state index contributed by atoms with van der Waals surface area (Å²) in [6.07, 6.45) is 10.9. The highest BCUT2D eigenvalue weighted by Crippen LogP contribution is 2.66. The molecular weight excluding hydrogens is 284 g/mol. The fourth-order valence-corrected chi connectivity index (χ4v) is 7.23. The second kappa shape index (κ2) is 5.04. The van der Waals surface area contributed by atoms with Crippen molar-refractivity contribution < 1.29 is 9.59 Å². The highest BCUT2D eigenvalue weighted by molar-refractivity contribution is 5.91. The van der Waals surface area contributed by atoms with E-state index in [1.54, 1.807) is 6.92 Å². The lowest BCUT2D eigenvalue weighted by Gasteiger charge is -2.58. The Kier molecular flexibility index (Phi) is 3.42. The Balaban J connectivity index is 1.67. The number of Topliss-reactive ketones (excluding diaryl/α,β-unsaturated/α-hetero) is 1. The third-order valence-corrected chi connectivity index (χ3v) is 8.45. The molecule has 0 unspecified atom stereocenters. The predicted octanol–water partition coefficient (Wildman–Crippen LogP) is 4.72. The molecule has 0 heterocycles. The number of rotatable bonds is 1. The van der Waals surface area contributed by atoms with Gasteiger partial charge in [0.05, 0.1) is 0 Å². The van der Waals surface area contributed by atoms with Crippen molar-refractivity contribution in [1.29, 1.82) is 0 Å². The summed E-state index contributed by atoms with van der Waals surface area (Å²) < 4.78 is 0. The van der Waals surface area contributed by atoms with E-state index < -0.39 is 0 Å². The topological polar surface area (TPSA) is 34.1 Å². The first-order valence-corrected chi connectivity index (χ1v) is 9.60. The van der Waals surface area contributed by atoms with Crippen molar-refractivity contribution in [3.63, 3.8) is 0 Å². The van der Waals surface area contributed by atoms with Gasteiger partial charge in [-0.1, -0.05) is 19.4 Å². The SMILES string of the molecule is CC(=O)[C@@H]1CC[C@@H]2[C@H]3CCC4=CC(=O)CC[C@@]4(C)[C@@H]3CC[C@]21C. The van der Waals surface area contributed by atoms with Crippen LogP contribution in [-0.4, -0.2) is 11.6 Å². The molecule has 4 aliphatic rings.